The fourth-order valence-electron chi connectivity index (χ4n) is 2.40. The Hall–Kier alpha value is -1.04. The number of aromatic nitrogens is 2. The summed E-state index contributed by atoms with van der Waals surface area (Å²) in [7, 11) is 0. The highest BCUT2D eigenvalue weighted by Gasteiger charge is 2.34. The molecular formula is C12H15ClF3N3. The van der Waals surface area contributed by atoms with Crippen LogP contribution in [0.5, 0.6) is 0 Å². The van der Waals surface area contributed by atoms with Crippen molar-refractivity contribution in [2.75, 3.05) is 17.3 Å². The first kappa shape index (κ1) is 14.4. The van der Waals surface area contributed by atoms with Crippen LogP contribution in [0.15, 0.2) is 12.3 Å². The van der Waals surface area contributed by atoms with Crippen molar-refractivity contribution < 1.29 is 13.2 Å². The Kier molecular flexibility index (Phi) is 4.50. The van der Waals surface area contributed by atoms with Gasteiger partial charge in [-0.1, -0.05) is 12.8 Å². The fourth-order valence-corrected chi connectivity index (χ4v) is 2.58. The Labute approximate surface area is 114 Å². The summed E-state index contributed by atoms with van der Waals surface area (Å²) in [5, 5.41) is 0. The molecule has 0 saturated heterocycles. The molecule has 1 aliphatic rings. The molecule has 1 fully saturated rings. The molecule has 0 spiro atoms. The summed E-state index contributed by atoms with van der Waals surface area (Å²) in [4.78, 5) is 9.41. The maximum atomic E-state index is 12.7. The van der Waals surface area contributed by atoms with Crippen LogP contribution in [-0.4, -0.2) is 28.4 Å². The van der Waals surface area contributed by atoms with Gasteiger partial charge < -0.3 is 4.90 Å². The van der Waals surface area contributed by atoms with Crippen molar-refractivity contribution in [2.45, 2.75) is 37.9 Å². The number of halogens is 4. The van der Waals surface area contributed by atoms with E-state index in [0.717, 1.165) is 37.9 Å². The van der Waals surface area contributed by atoms with Gasteiger partial charge in [0.1, 0.15) is 5.69 Å². The lowest BCUT2D eigenvalue weighted by Crippen LogP contribution is -2.36. The van der Waals surface area contributed by atoms with Gasteiger partial charge in [-0.15, -0.1) is 11.6 Å². The summed E-state index contributed by atoms with van der Waals surface area (Å²) in [5.74, 6) is 0.471. The Morgan fingerprint density at radius 3 is 2.58 bits per heavy atom. The summed E-state index contributed by atoms with van der Waals surface area (Å²) >= 11 is 5.73. The van der Waals surface area contributed by atoms with Gasteiger partial charge in [0.2, 0.25) is 5.95 Å². The molecule has 0 aromatic carbocycles. The zero-order chi connectivity index (χ0) is 13.9. The molecule has 7 heteroatoms. The van der Waals surface area contributed by atoms with E-state index < -0.39 is 11.9 Å². The van der Waals surface area contributed by atoms with Crippen molar-refractivity contribution in [3.05, 3.63) is 18.0 Å². The van der Waals surface area contributed by atoms with Gasteiger partial charge in [-0.25, -0.2) is 9.97 Å². The van der Waals surface area contributed by atoms with Gasteiger partial charge in [-0.05, 0) is 18.9 Å². The van der Waals surface area contributed by atoms with Crippen LogP contribution in [0.4, 0.5) is 19.1 Å². The molecule has 19 heavy (non-hydrogen) atoms. The van der Waals surface area contributed by atoms with E-state index in [-0.39, 0.29) is 12.0 Å². The highest BCUT2D eigenvalue weighted by molar-refractivity contribution is 6.18. The third kappa shape index (κ3) is 3.49. The maximum absolute atomic E-state index is 12.7. The van der Waals surface area contributed by atoms with Gasteiger partial charge in [-0.3, -0.25) is 0 Å². The topological polar surface area (TPSA) is 29.0 Å². The maximum Gasteiger partial charge on any atom is 0.433 e. The fraction of sp³-hybridized carbons (Fsp3) is 0.667. The predicted octanol–water partition coefficient (Wildman–Crippen LogP) is 3.48. The lowest BCUT2D eigenvalue weighted by atomic mass is 10.2. The second-order valence-electron chi connectivity index (χ2n) is 4.56. The van der Waals surface area contributed by atoms with Crippen molar-refractivity contribution in [2.24, 2.45) is 0 Å². The highest BCUT2D eigenvalue weighted by atomic mass is 35.5. The molecule has 1 aromatic rings. The summed E-state index contributed by atoms with van der Waals surface area (Å²) in [6.45, 7) is 0.466. The molecule has 2 rings (SSSR count). The lowest BCUT2D eigenvalue weighted by Gasteiger charge is -2.28. The van der Waals surface area contributed by atoms with E-state index in [2.05, 4.69) is 9.97 Å². The summed E-state index contributed by atoms with van der Waals surface area (Å²) in [6.07, 6.45) is 0.791. The van der Waals surface area contributed by atoms with Gasteiger partial charge in [0.05, 0.1) is 0 Å². The van der Waals surface area contributed by atoms with Crippen molar-refractivity contribution >= 4 is 17.5 Å². The molecule has 1 saturated carbocycles. The lowest BCUT2D eigenvalue weighted by molar-refractivity contribution is -0.141. The number of rotatable bonds is 4. The van der Waals surface area contributed by atoms with Crippen LogP contribution in [-0.2, 0) is 6.18 Å². The zero-order valence-electron chi connectivity index (χ0n) is 10.3. The van der Waals surface area contributed by atoms with Crippen LogP contribution in [0.2, 0.25) is 0 Å². The number of nitrogens with zero attached hydrogens (tertiary/aromatic N) is 3. The smallest absolute Gasteiger partial charge is 0.337 e. The van der Waals surface area contributed by atoms with Crippen LogP contribution >= 0.6 is 11.6 Å². The zero-order valence-corrected chi connectivity index (χ0v) is 11.1. The van der Waals surface area contributed by atoms with Crippen LogP contribution in [0.3, 0.4) is 0 Å². The van der Waals surface area contributed by atoms with Crippen molar-refractivity contribution in [3.8, 4) is 0 Å². The van der Waals surface area contributed by atoms with E-state index in [1.165, 1.54) is 0 Å². The second-order valence-corrected chi connectivity index (χ2v) is 4.94. The van der Waals surface area contributed by atoms with Crippen LogP contribution in [0.25, 0.3) is 0 Å². The molecule has 1 aromatic heterocycles. The van der Waals surface area contributed by atoms with Crippen molar-refractivity contribution in [1.82, 2.24) is 9.97 Å². The van der Waals surface area contributed by atoms with Crippen LogP contribution in [0.1, 0.15) is 31.4 Å². The highest BCUT2D eigenvalue weighted by Crippen LogP contribution is 2.30. The first-order valence-electron chi connectivity index (χ1n) is 6.25. The third-order valence-electron chi connectivity index (χ3n) is 3.28. The third-order valence-corrected chi connectivity index (χ3v) is 3.45. The quantitative estimate of drug-likeness (QED) is 0.796. The second kappa shape index (κ2) is 5.94. The van der Waals surface area contributed by atoms with E-state index in [1.807, 2.05) is 0 Å². The minimum absolute atomic E-state index is 0.127. The Morgan fingerprint density at radius 2 is 2.00 bits per heavy atom. The molecule has 1 heterocycles. The molecule has 0 amide bonds. The van der Waals surface area contributed by atoms with Crippen LogP contribution < -0.4 is 4.90 Å². The number of hydrogen-bond acceptors (Lipinski definition) is 3. The minimum atomic E-state index is -4.44. The molecule has 0 N–H and O–H groups in total. The Bertz CT molecular complexity index is 419. The van der Waals surface area contributed by atoms with Gasteiger partial charge in [-0.2, -0.15) is 13.2 Å². The SMILES string of the molecule is FC(F)(F)c1ccnc(N(CCCl)C2CCCC2)n1. The Morgan fingerprint density at radius 1 is 1.32 bits per heavy atom. The normalized spacial score (nSPS) is 16.8. The van der Waals surface area contributed by atoms with Gasteiger partial charge in [0.25, 0.3) is 0 Å². The van der Waals surface area contributed by atoms with Gasteiger partial charge in [0, 0.05) is 24.7 Å². The molecule has 1 aliphatic carbocycles. The van der Waals surface area contributed by atoms with Crippen LogP contribution in [0, 0.1) is 0 Å². The van der Waals surface area contributed by atoms with E-state index in [9.17, 15) is 13.2 Å². The van der Waals surface area contributed by atoms with E-state index in [0.29, 0.717) is 12.4 Å². The summed E-state index contributed by atoms with van der Waals surface area (Å²) < 4.78 is 38.0. The molecule has 0 atom stereocenters. The molecular weight excluding hydrogens is 279 g/mol. The monoisotopic (exact) mass is 293 g/mol. The molecule has 0 radical (unpaired) electrons. The molecule has 0 unspecified atom stereocenters. The standard InChI is InChI=1S/C12H15ClF3N3/c13-6-8-19(9-3-1-2-4-9)11-17-7-5-10(18-11)12(14,15)16/h5,7,9H,1-4,6,8H2. The summed E-state index contributed by atoms with van der Waals surface area (Å²) in [5.41, 5.74) is -0.907. The van der Waals surface area contributed by atoms with Crippen molar-refractivity contribution in [3.63, 3.8) is 0 Å². The summed E-state index contributed by atoms with van der Waals surface area (Å²) in [6, 6.07) is 1.08. The molecule has 3 nitrogen and oxygen atoms in total. The first-order chi connectivity index (χ1) is 9.02. The Balaban J connectivity index is 2.25. The number of anilines is 1. The minimum Gasteiger partial charge on any atom is -0.337 e. The van der Waals surface area contributed by atoms with E-state index in [1.54, 1.807) is 4.90 Å². The molecule has 0 bridgehead atoms. The number of alkyl halides is 4. The van der Waals surface area contributed by atoms with E-state index in [4.69, 9.17) is 11.6 Å². The van der Waals surface area contributed by atoms with E-state index >= 15 is 0 Å². The first-order valence-corrected chi connectivity index (χ1v) is 6.78. The largest absolute Gasteiger partial charge is 0.433 e. The average molecular weight is 294 g/mol. The molecule has 106 valence electrons. The predicted molar refractivity (Wildman–Crippen MR) is 67.4 cm³/mol. The number of hydrogen-bond donors (Lipinski definition) is 0. The van der Waals surface area contributed by atoms with Gasteiger partial charge in [0.15, 0.2) is 0 Å². The average Bonchev–Trinajstić information content (AvgIpc) is 2.88. The van der Waals surface area contributed by atoms with Gasteiger partial charge >= 0.3 is 6.18 Å². The van der Waals surface area contributed by atoms with Crippen molar-refractivity contribution in [1.29, 1.82) is 0 Å². The molecule has 0 aliphatic heterocycles.